The van der Waals surface area contributed by atoms with Gasteiger partial charge in [0.25, 0.3) is 0 Å². The predicted octanol–water partition coefficient (Wildman–Crippen LogP) is 1.65. The van der Waals surface area contributed by atoms with Crippen LogP contribution < -0.4 is 5.73 Å². The Morgan fingerprint density at radius 1 is 1.47 bits per heavy atom. The first-order chi connectivity index (χ1) is 7.20. The van der Waals surface area contributed by atoms with Gasteiger partial charge in [0.15, 0.2) is 5.76 Å². The van der Waals surface area contributed by atoms with E-state index in [4.69, 9.17) is 10.2 Å². The van der Waals surface area contributed by atoms with Gasteiger partial charge in [-0.1, -0.05) is 13.8 Å². The minimum absolute atomic E-state index is 0.329. The van der Waals surface area contributed by atoms with Crippen molar-refractivity contribution in [1.82, 2.24) is 15.2 Å². The number of hydrogen-bond donors (Lipinski definition) is 2. The van der Waals surface area contributed by atoms with Crippen LogP contribution in [0.3, 0.4) is 0 Å². The Morgan fingerprint density at radius 3 is 2.80 bits per heavy atom. The van der Waals surface area contributed by atoms with Crippen molar-refractivity contribution < 1.29 is 4.42 Å². The molecule has 0 amide bonds. The molecule has 0 saturated carbocycles. The molecule has 2 heterocycles. The molecular weight excluding hydrogens is 192 g/mol. The Labute approximate surface area is 87.7 Å². The van der Waals surface area contributed by atoms with Crippen molar-refractivity contribution in [3.05, 3.63) is 23.7 Å². The average molecular weight is 206 g/mol. The molecule has 0 aliphatic rings. The normalized spacial score (nSPS) is 11.2. The molecule has 80 valence electrons. The van der Waals surface area contributed by atoms with Crippen LogP contribution in [-0.4, -0.2) is 15.2 Å². The second-order valence-electron chi connectivity index (χ2n) is 3.67. The summed E-state index contributed by atoms with van der Waals surface area (Å²) in [7, 11) is 0. The van der Waals surface area contributed by atoms with E-state index < -0.39 is 0 Å². The van der Waals surface area contributed by atoms with Gasteiger partial charge in [-0.3, -0.25) is 5.10 Å². The molecule has 0 saturated heterocycles. The van der Waals surface area contributed by atoms with Gasteiger partial charge < -0.3 is 10.2 Å². The summed E-state index contributed by atoms with van der Waals surface area (Å²) in [6, 6.07) is 3.66. The lowest BCUT2D eigenvalue weighted by Gasteiger charge is -1.94. The number of nitrogens with two attached hydrogens (primary N) is 1. The topological polar surface area (TPSA) is 80.7 Å². The van der Waals surface area contributed by atoms with Crippen LogP contribution in [0, 0.1) is 0 Å². The summed E-state index contributed by atoms with van der Waals surface area (Å²) in [5.74, 6) is 3.16. The van der Waals surface area contributed by atoms with Crippen LogP contribution in [0.1, 0.15) is 31.4 Å². The molecule has 0 unspecified atom stereocenters. The highest BCUT2D eigenvalue weighted by Crippen LogP contribution is 2.19. The van der Waals surface area contributed by atoms with Crippen molar-refractivity contribution in [2.24, 2.45) is 5.73 Å². The zero-order valence-corrected chi connectivity index (χ0v) is 8.82. The van der Waals surface area contributed by atoms with E-state index in [1.807, 2.05) is 12.1 Å². The van der Waals surface area contributed by atoms with Crippen LogP contribution in [0.4, 0.5) is 0 Å². The first kappa shape index (κ1) is 9.92. The minimum atomic E-state index is 0.329. The highest BCUT2D eigenvalue weighted by atomic mass is 16.3. The first-order valence-corrected chi connectivity index (χ1v) is 4.92. The van der Waals surface area contributed by atoms with E-state index in [-0.39, 0.29) is 0 Å². The molecule has 0 fully saturated rings. The maximum Gasteiger partial charge on any atom is 0.216 e. The Kier molecular flexibility index (Phi) is 2.55. The van der Waals surface area contributed by atoms with Gasteiger partial charge in [0, 0.05) is 5.92 Å². The summed E-state index contributed by atoms with van der Waals surface area (Å²) in [6.07, 6.45) is 0. The summed E-state index contributed by atoms with van der Waals surface area (Å²) in [4.78, 5) is 4.33. The van der Waals surface area contributed by atoms with Crippen molar-refractivity contribution in [2.75, 3.05) is 0 Å². The monoisotopic (exact) mass is 206 g/mol. The van der Waals surface area contributed by atoms with Gasteiger partial charge in [0.1, 0.15) is 11.6 Å². The molecule has 3 N–H and O–H groups in total. The van der Waals surface area contributed by atoms with Crippen LogP contribution >= 0.6 is 0 Å². The summed E-state index contributed by atoms with van der Waals surface area (Å²) < 4.78 is 5.44. The molecule has 0 aliphatic heterocycles. The first-order valence-electron chi connectivity index (χ1n) is 4.92. The van der Waals surface area contributed by atoms with Crippen LogP contribution in [0.15, 0.2) is 16.5 Å². The van der Waals surface area contributed by atoms with Gasteiger partial charge in [0.2, 0.25) is 5.82 Å². The number of nitrogens with zero attached hydrogens (tertiary/aromatic N) is 2. The van der Waals surface area contributed by atoms with Crippen LogP contribution in [0.2, 0.25) is 0 Å². The van der Waals surface area contributed by atoms with E-state index in [0.717, 1.165) is 11.6 Å². The van der Waals surface area contributed by atoms with E-state index in [9.17, 15) is 0 Å². The lowest BCUT2D eigenvalue weighted by atomic mass is 10.2. The van der Waals surface area contributed by atoms with Crippen molar-refractivity contribution >= 4 is 0 Å². The number of nitrogens with one attached hydrogen (secondary N) is 1. The molecule has 15 heavy (non-hydrogen) atoms. The summed E-state index contributed by atoms with van der Waals surface area (Å²) in [5, 5.41) is 6.96. The van der Waals surface area contributed by atoms with Gasteiger partial charge in [-0.15, -0.1) is 0 Å². The maximum absolute atomic E-state index is 5.45. The highest BCUT2D eigenvalue weighted by Gasteiger charge is 2.11. The number of hydrogen-bond acceptors (Lipinski definition) is 4. The number of H-pyrrole nitrogens is 1. The highest BCUT2D eigenvalue weighted by molar-refractivity contribution is 5.46. The zero-order valence-electron chi connectivity index (χ0n) is 8.82. The molecule has 0 aliphatic carbocycles. The quantitative estimate of drug-likeness (QED) is 0.800. The molecule has 5 heteroatoms. The summed E-state index contributed by atoms with van der Waals surface area (Å²) in [5.41, 5.74) is 5.45. The SMILES string of the molecule is CC(C)c1nc(-c2ccc(CN)o2)n[nH]1. The molecule has 0 aromatic carbocycles. The lowest BCUT2D eigenvalue weighted by molar-refractivity contribution is 0.522. The van der Waals surface area contributed by atoms with Crippen molar-refractivity contribution in [3.8, 4) is 11.6 Å². The summed E-state index contributed by atoms with van der Waals surface area (Å²) >= 11 is 0. The smallest absolute Gasteiger partial charge is 0.216 e. The van der Waals surface area contributed by atoms with Gasteiger partial charge in [0.05, 0.1) is 6.54 Å². The molecule has 2 aromatic heterocycles. The minimum Gasteiger partial charge on any atom is -0.456 e. The predicted molar refractivity (Wildman–Crippen MR) is 56.1 cm³/mol. The van der Waals surface area contributed by atoms with Gasteiger partial charge in [-0.25, -0.2) is 4.98 Å². The third-order valence-electron chi connectivity index (χ3n) is 2.13. The fourth-order valence-corrected chi connectivity index (χ4v) is 1.25. The molecular formula is C10H14N4O. The summed E-state index contributed by atoms with van der Waals surface area (Å²) in [6.45, 7) is 4.50. The second-order valence-corrected chi connectivity index (χ2v) is 3.67. The fraction of sp³-hybridized carbons (Fsp3) is 0.400. The van der Waals surface area contributed by atoms with E-state index in [2.05, 4.69) is 29.0 Å². The maximum atomic E-state index is 5.45. The Morgan fingerprint density at radius 2 is 2.27 bits per heavy atom. The molecule has 2 aromatic rings. The molecule has 0 atom stereocenters. The Bertz CT molecular complexity index is 444. The molecule has 0 radical (unpaired) electrons. The van der Waals surface area contributed by atoms with Gasteiger partial charge in [-0.05, 0) is 12.1 Å². The second kappa shape index (κ2) is 3.86. The number of aromatic nitrogens is 3. The van der Waals surface area contributed by atoms with E-state index in [1.165, 1.54) is 0 Å². The van der Waals surface area contributed by atoms with Crippen molar-refractivity contribution in [2.45, 2.75) is 26.3 Å². The van der Waals surface area contributed by atoms with E-state index in [1.54, 1.807) is 0 Å². The molecule has 2 rings (SSSR count). The Balaban J connectivity index is 2.28. The number of rotatable bonds is 3. The van der Waals surface area contributed by atoms with E-state index in [0.29, 0.717) is 24.0 Å². The standard InChI is InChI=1S/C10H14N4O/c1-6(2)9-12-10(14-13-9)8-4-3-7(5-11)15-8/h3-4,6H,5,11H2,1-2H3,(H,12,13,14). The van der Waals surface area contributed by atoms with Crippen molar-refractivity contribution in [3.63, 3.8) is 0 Å². The zero-order chi connectivity index (χ0) is 10.8. The van der Waals surface area contributed by atoms with Gasteiger partial charge in [-0.2, -0.15) is 5.10 Å². The Hall–Kier alpha value is -1.62. The van der Waals surface area contributed by atoms with Crippen LogP contribution in [0.25, 0.3) is 11.6 Å². The van der Waals surface area contributed by atoms with Crippen molar-refractivity contribution in [1.29, 1.82) is 0 Å². The number of furan rings is 1. The molecule has 5 nitrogen and oxygen atoms in total. The third kappa shape index (κ3) is 1.92. The van der Waals surface area contributed by atoms with E-state index >= 15 is 0 Å². The fourth-order valence-electron chi connectivity index (χ4n) is 1.25. The lowest BCUT2D eigenvalue weighted by Crippen LogP contribution is -1.92. The largest absolute Gasteiger partial charge is 0.456 e. The molecule has 0 spiro atoms. The average Bonchev–Trinajstić information content (AvgIpc) is 2.86. The molecule has 0 bridgehead atoms. The number of aromatic amines is 1. The van der Waals surface area contributed by atoms with Crippen LogP contribution in [-0.2, 0) is 6.54 Å². The van der Waals surface area contributed by atoms with Crippen LogP contribution in [0.5, 0.6) is 0 Å². The third-order valence-corrected chi connectivity index (χ3v) is 2.13. The van der Waals surface area contributed by atoms with Gasteiger partial charge >= 0.3 is 0 Å².